The Morgan fingerprint density at radius 1 is 1.19 bits per heavy atom. The van der Waals surface area contributed by atoms with Crippen LogP contribution in [0.1, 0.15) is 6.23 Å². The molecule has 4 atom stereocenters. The van der Waals surface area contributed by atoms with Crippen LogP contribution in [0.3, 0.4) is 0 Å². The van der Waals surface area contributed by atoms with E-state index in [0.29, 0.717) is 11.2 Å². The molecule has 1 aliphatic heterocycles. The summed E-state index contributed by atoms with van der Waals surface area (Å²) in [6, 6.07) is 0. The van der Waals surface area contributed by atoms with E-state index in [1.807, 2.05) is 0 Å². The molecule has 2 aromatic heterocycles. The molecule has 0 saturated carbocycles. The van der Waals surface area contributed by atoms with Crippen molar-refractivity contribution >= 4 is 120 Å². The number of nitrogen functional groups attached to an aromatic ring is 1. The van der Waals surface area contributed by atoms with Crippen molar-refractivity contribution in [2.75, 3.05) is 12.3 Å². The summed E-state index contributed by atoms with van der Waals surface area (Å²) < 4.78 is 6.85. The van der Waals surface area contributed by atoms with Crippen LogP contribution >= 0.6 is 0 Å². The molecule has 2 aromatic rings. The van der Waals surface area contributed by atoms with Gasteiger partial charge in [-0.25, -0.2) is 15.0 Å². The zero-order chi connectivity index (χ0) is 13.6. The van der Waals surface area contributed by atoms with Crippen LogP contribution < -0.4 is 5.73 Å². The number of fused-ring (bicyclic) bond motifs is 1. The fraction of sp³-hybridized carbons (Fsp3) is 0.500. The molecule has 11 heteroatoms. The van der Waals surface area contributed by atoms with E-state index in [1.165, 1.54) is 17.2 Å². The van der Waals surface area contributed by atoms with Crippen molar-refractivity contribution in [3.05, 3.63) is 12.7 Å². The van der Waals surface area contributed by atoms with Crippen molar-refractivity contribution < 1.29 is 20.1 Å². The van der Waals surface area contributed by atoms with Crippen LogP contribution in [0.4, 0.5) is 5.82 Å². The van der Waals surface area contributed by atoms with Gasteiger partial charge in [-0.3, -0.25) is 4.57 Å². The van der Waals surface area contributed by atoms with Crippen LogP contribution in [0.15, 0.2) is 12.7 Å². The van der Waals surface area contributed by atoms with Gasteiger partial charge in [-0.1, -0.05) is 0 Å². The normalized spacial score (nSPS) is 28.1. The third kappa shape index (κ3) is 3.77. The first-order chi connectivity index (χ1) is 9.13. The number of aliphatic hydroxyl groups is 3. The topological polar surface area (TPSA) is 140 Å². The van der Waals surface area contributed by atoms with Crippen LogP contribution in [-0.4, -0.2) is 163 Å². The maximum atomic E-state index is 9.95. The largest absolute Gasteiger partial charge is 0.394 e. The Kier molecular flexibility index (Phi) is 8.33. The Balaban J connectivity index is 0.00000110. The Morgan fingerprint density at radius 2 is 1.90 bits per heavy atom. The van der Waals surface area contributed by atoms with E-state index >= 15 is 0 Å². The van der Waals surface area contributed by atoms with Crippen LogP contribution in [0, 0.1) is 0 Å². The molecule has 9 nitrogen and oxygen atoms in total. The summed E-state index contributed by atoms with van der Waals surface area (Å²) in [5.41, 5.74) is 6.44. The molecular formula is C10H13K2N5O4. The fourth-order valence-electron chi connectivity index (χ4n) is 2.17. The molecule has 104 valence electrons. The Morgan fingerprint density at radius 3 is 2.52 bits per heavy atom. The Labute approximate surface area is 205 Å². The van der Waals surface area contributed by atoms with Gasteiger partial charge in [0, 0.05) is 103 Å². The molecular weight excluding hydrogens is 332 g/mol. The van der Waals surface area contributed by atoms with E-state index in [-0.39, 0.29) is 109 Å². The number of anilines is 1. The van der Waals surface area contributed by atoms with Crippen molar-refractivity contribution in [3.8, 4) is 0 Å². The smallest absolute Gasteiger partial charge is 0.167 e. The zero-order valence-electron chi connectivity index (χ0n) is 11.8. The Hall–Kier alpha value is 1.46. The molecule has 0 aromatic carbocycles. The SMILES string of the molecule is Nc1ncnc2c1ncn2[C@@H]1O[C@H](CO)[C@@H](O)[C@H]1O.[K].[K]. The number of nitrogens with two attached hydrogens (primary N) is 1. The van der Waals surface area contributed by atoms with Gasteiger partial charge in [-0.05, 0) is 0 Å². The van der Waals surface area contributed by atoms with E-state index in [9.17, 15) is 10.2 Å². The molecule has 0 bridgehead atoms. The number of hydrogen-bond acceptors (Lipinski definition) is 8. The van der Waals surface area contributed by atoms with E-state index in [2.05, 4.69) is 15.0 Å². The van der Waals surface area contributed by atoms with Gasteiger partial charge < -0.3 is 25.8 Å². The second-order valence-electron chi connectivity index (χ2n) is 4.31. The summed E-state index contributed by atoms with van der Waals surface area (Å²) in [7, 11) is 0. The average Bonchev–Trinajstić information content (AvgIpc) is 2.94. The number of rotatable bonds is 2. The molecule has 1 fully saturated rings. The molecule has 3 rings (SSSR count). The van der Waals surface area contributed by atoms with Gasteiger partial charge in [-0.15, -0.1) is 0 Å². The van der Waals surface area contributed by atoms with E-state index < -0.39 is 31.1 Å². The molecule has 1 aliphatic rings. The number of nitrogens with zero attached hydrogens (tertiary/aromatic N) is 4. The first-order valence-electron chi connectivity index (χ1n) is 5.69. The van der Waals surface area contributed by atoms with E-state index in [1.54, 1.807) is 0 Å². The minimum absolute atomic E-state index is 0. The van der Waals surface area contributed by atoms with E-state index in [0.717, 1.165) is 0 Å². The fourth-order valence-corrected chi connectivity index (χ4v) is 2.17. The molecule has 1 saturated heterocycles. The van der Waals surface area contributed by atoms with Gasteiger partial charge in [0.15, 0.2) is 17.7 Å². The van der Waals surface area contributed by atoms with Crippen molar-refractivity contribution in [2.24, 2.45) is 0 Å². The predicted molar refractivity (Wildman–Crippen MR) is 74.3 cm³/mol. The quantitative estimate of drug-likeness (QED) is 0.430. The number of hydrogen-bond donors (Lipinski definition) is 4. The molecule has 0 aliphatic carbocycles. The third-order valence-corrected chi connectivity index (χ3v) is 3.18. The maximum absolute atomic E-state index is 9.95. The monoisotopic (exact) mass is 345 g/mol. The average molecular weight is 345 g/mol. The predicted octanol–water partition coefficient (Wildman–Crippen LogP) is -2.74. The summed E-state index contributed by atoms with van der Waals surface area (Å²) in [6.07, 6.45) is -1.42. The van der Waals surface area contributed by atoms with Crippen molar-refractivity contribution in [1.29, 1.82) is 0 Å². The van der Waals surface area contributed by atoms with Crippen molar-refractivity contribution in [1.82, 2.24) is 19.5 Å². The van der Waals surface area contributed by atoms with E-state index in [4.69, 9.17) is 15.6 Å². The molecule has 0 amide bonds. The van der Waals surface area contributed by atoms with Gasteiger partial charge in [0.1, 0.15) is 30.2 Å². The van der Waals surface area contributed by atoms with Gasteiger partial charge in [-0.2, -0.15) is 0 Å². The Bertz CT molecular complexity index is 612. The molecule has 0 unspecified atom stereocenters. The number of aliphatic hydroxyl groups excluding tert-OH is 3. The van der Waals surface area contributed by atoms with Gasteiger partial charge in [0.2, 0.25) is 0 Å². The van der Waals surface area contributed by atoms with Crippen LogP contribution in [0.2, 0.25) is 0 Å². The van der Waals surface area contributed by atoms with Crippen LogP contribution in [-0.2, 0) is 4.74 Å². The summed E-state index contributed by atoms with van der Waals surface area (Å²) in [6.45, 7) is -0.390. The van der Waals surface area contributed by atoms with Crippen molar-refractivity contribution in [3.63, 3.8) is 0 Å². The van der Waals surface area contributed by atoms with Crippen LogP contribution in [0.25, 0.3) is 11.2 Å². The summed E-state index contributed by atoms with van der Waals surface area (Å²) in [5.74, 6) is 0.218. The molecule has 0 spiro atoms. The second-order valence-corrected chi connectivity index (χ2v) is 4.31. The number of imidazole rings is 1. The van der Waals surface area contributed by atoms with Crippen LogP contribution in [0.5, 0.6) is 0 Å². The first-order valence-corrected chi connectivity index (χ1v) is 5.69. The standard InChI is InChI=1S/C10H13N5O4.2K/c11-8-5-9(13-2-12-8)15(3-14-5)10-7(18)6(17)4(1-16)19-10;;/h2-4,6-7,10,16-18H,1H2,(H2,11,12,13);;/t4-,6-,7-,10-;;/m1../s1. The van der Waals surface area contributed by atoms with Gasteiger partial charge in [0.05, 0.1) is 12.9 Å². The number of aromatic nitrogens is 4. The summed E-state index contributed by atoms with van der Waals surface area (Å²) in [5, 5.41) is 28.7. The maximum Gasteiger partial charge on any atom is 0.167 e. The minimum Gasteiger partial charge on any atom is -0.394 e. The third-order valence-electron chi connectivity index (χ3n) is 3.18. The van der Waals surface area contributed by atoms with Crippen molar-refractivity contribution in [2.45, 2.75) is 24.5 Å². The van der Waals surface area contributed by atoms with Gasteiger partial charge in [0.25, 0.3) is 0 Å². The molecule has 3 heterocycles. The van der Waals surface area contributed by atoms with Gasteiger partial charge >= 0.3 is 0 Å². The summed E-state index contributed by atoms with van der Waals surface area (Å²) in [4.78, 5) is 11.9. The minimum atomic E-state index is -1.19. The first kappa shape index (κ1) is 20.5. The molecule has 2 radical (unpaired) electrons. The number of ether oxygens (including phenoxy) is 1. The summed E-state index contributed by atoms with van der Waals surface area (Å²) >= 11 is 0. The zero-order valence-corrected chi connectivity index (χ0v) is 18.0. The molecule has 21 heavy (non-hydrogen) atoms. The second kappa shape index (κ2) is 8.53. The molecule has 5 N–H and O–H groups in total.